The molecule has 0 aromatic heterocycles. The molecule has 2 rings (SSSR count). The lowest BCUT2D eigenvalue weighted by molar-refractivity contribution is -0.122. The molecule has 0 atom stereocenters. The van der Waals surface area contributed by atoms with Crippen molar-refractivity contribution in [2.24, 2.45) is 0 Å². The summed E-state index contributed by atoms with van der Waals surface area (Å²) in [6, 6.07) is 16.8. The topological polar surface area (TPSA) is 62.1 Å². The SMILES string of the molecule is C#CCNC(=O)COc1ccc(-c2ccc(C#N)cc2)cc1. The number of hydrogen-bond donors (Lipinski definition) is 1. The summed E-state index contributed by atoms with van der Waals surface area (Å²) in [5.74, 6) is 2.67. The molecule has 22 heavy (non-hydrogen) atoms. The van der Waals surface area contributed by atoms with Gasteiger partial charge in [-0.05, 0) is 35.4 Å². The van der Waals surface area contributed by atoms with Gasteiger partial charge in [-0.25, -0.2) is 0 Å². The number of nitrogens with one attached hydrogen (secondary N) is 1. The van der Waals surface area contributed by atoms with Crippen LogP contribution in [0.25, 0.3) is 11.1 Å². The minimum absolute atomic E-state index is 0.0715. The molecular formula is C18H14N2O2. The second kappa shape index (κ2) is 7.52. The first-order valence-electron chi connectivity index (χ1n) is 6.66. The highest BCUT2D eigenvalue weighted by Gasteiger charge is 2.02. The van der Waals surface area contributed by atoms with Gasteiger partial charge in [-0.1, -0.05) is 30.2 Å². The van der Waals surface area contributed by atoms with E-state index in [0.29, 0.717) is 11.3 Å². The Hall–Kier alpha value is -3.24. The van der Waals surface area contributed by atoms with Crippen LogP contribution in [0.4, 0.5) is 0 Å². The molecule has 0 bridgehead atoms. The van der Waals surface area contributed by atoms with Crippen molar-refractivity contribution in [2.45, 2.75) is 0 Å². The summed E-state index contributed by atoms with van der Waals surface area (Å²) in [5, 5.41) is 11.3. The predicted octanol–water partition coefficient (Wildman–Crippen LogP) is 2.35. The Balaban J connectivity index is 1.97. The number of hydrogen-bond acceptors (Lipinski definition) is 3. The maximum atomic E-state index is 11.4. The number of carbonyl (C=O) groups is 1. The molecule has 0 aliphatic carbocycles. The Bertz CT molecular complexity index is 720. The Kier molecular flexibility index (Phi) is 5.18. The summed E-state index contributed by atoms with van der Waals surface area (Å²) < 4.78 is 5.37. The molecule has 0 fully saturated rings. The molecule has 1 amide bonds. The Labute approximate surface area is 129 Å². The van der Waals surface area contributed by atoms with Gasteiger partial charge in [-0.15, -0.1) is 6.42 Å². The van der Waals surface area contributed by atoms with E-state index >= 15 is 0 Å². The molecule has 0 aliphatic heterocycles. The normalized spacial score (nSPS) is 9.36. The van der Waals surface area contributed by atoms with Crippen LogP contribution in [0.5, 0.6) is 5.75 Å². The Morgan fingerprint density at radius 1 is 1.09 bits per heavy atom. The zero-order valence-corrected chi connectivity index (χ0v) is 11.9. The van der Waals surface area contributed by atoms with Crippen molar-refractivity contribution in [1.29, 1.82) is 5.26 Å². The van der Waals surface area contributed by atoms with Gasteiger partial charge >= 0.3 is 0 Å². The van der Waals surface area contributed by atoms with Crippen LogP contribution in [-0.4, -0.2) is 19.1 Å². The fourth-order valence-corrected chi connectivity index (χ4v) is 1.83. The van der Waals surface area contributed by atoms with Crippen molar-refractivity contribution in [3.63, 3.8) is 0 Å². The highest BCUT2D eigenvalue weighted by Crippen LogP contribution is 2.22. The van der Waals surface area contributed by atoms with E-state index in [1.54, 1.807) is 24.3 Å². The van der Waals surface area contributed by atoms with Crippen LogP contribution in [0, 0.1) is 23.7 Å². The van der Waals surface area contributed by atoms with Crippen LogP contribution in [0.2, 0.25) is 0 Å². The average molecular weight is 290 g/mol. The van der Waals surface area contributed by atoms with Crippen molar-refractivity contribution in [2.75, 3.05) is 13.2 Å². The maximum Gasteiger partial charge on any atom is 0.258 e. The summed E-state index contributed by atoms with van der Waals surface area (Å²) in [7, 11) is 0. The Morgan fingerprint density at radius 3 is 2.23 bits per heavy atom. The van der Waals surface area contributed by atoms with Crippen molar-refractivity contribution in [3.8, 4) is 35.3 Å². The van der Waals surface area contributed by atoms with E-state index in [2.05, 4.69) is 17.3 Å². The number of nitriles is 1. The minimum Gasteiger partial charge on any atom is -0.484 e. The zero-order valence-electron chi connectivity index (χ0n) is 11.9. The van der Waals surface area contributed by atoms with E-state index in [-0.39, 0.29) is 19.1 Å². The quantitative estimate of drug-likeness (QED) is 0.860. The lowest BCUT2D eigenvalue weighted by Gasteiger charge is -2.07. The van der Waals surface area contributed by atoms with Gasteiger partial charge in [0, 0.05) is 0 Å². The summed E-state index contributed by atoms with van der Waals surface area (Å²) in [6.45, 7) is 0.123. The first-order valence-corrected chi connectivity index (χ1v) is 6.66. The molecule has 0 unspecified atom stereocenters. The van der Waals surface area contributed by atoms with E-state index in [9.17, 15) is 4.79 Å². The lowest BCUT2D eigenvalue weighted by atomic mass is 10.0. The lowest BCUT2D eigenvalue weighted by Crippen LogP contribution is -2.28. The van der Waals surface area contributed by atoms with Gasteiger partial charge in [0.25, 0.3) is 5.91 Å². The van der Waals surface area contributed by atoms with Crippen LogP contribution in [0.15, 0.2) is 48.5 Å². The summed E-state index contributed by atoms with van der Waals surface area (Å²) in [4.78, 5) is 11.4. The number of nitrogens with zero attached hydrogens (tertiary/aromatic N) is 1. The largest absolute Gasteiger partial charge is 0.484 e. The summed E-state index contributed by atoms with van der Waals surface area (Å²) in [5.41, 5.74) is 2.65. The second-order valence-electron chi connectivity index (χ2n) is 4.48. The zero-order chi connectivity index (χ0) is 15.8. The van der Waals surface area contributed by atoms with Gasteiger partial charge in [0.15, 0.2) is 6.61 Å². The number of benzene rings is 2. The number of rotatable bonds is 5. The van der Waals surface area contributed by atoms with E-state index in [0.717, 1.165) is 11.1 Å². The number of carbonyl (C=O) groups excluding carboxylic acids is 1. The molecule has 0 spiro atoms. The smallest absolute Gasteiger partial charge is 0.258 e. The molecular weight excluding hydrogens is 276 g/mol. The summed E-state index contributed by atoms with van der Waals surface area (Å²) in [6.07, 6.45) is 5.05. The van der Waals surface area contributed by atoms with Crippen LogP contribution < -0.4 is 10.1 Å². The Morgan fingerprint density at radius 2 is 1.68 bits per heavy atom. The third-order valence-corrected chi connectivity index (χ3v) is 2.96. The molecule has 0 radical (unpaired) electrons. The van der Waals surface area contributed by atoms with Gasteiger partial charge in [-0.3, -0.25) is 4.79 Å². The van der Waals surface area contributed by atoms with Crippen molar-refractivity contribution in [1.82, 2.24) is 5.32 Å². The van der Waals surface area contributed by atoms with E-state index in [1.165, 1.54) is 0 Å². The van der Waals surface area contributed by atoms with E-state index in [1.807, 2.05) is 24.3 Å². The van der Waals surface area contributed by atoms with Gasteiger partial charge in [0.2, 0.25) is 0 Å². The fraction of sp³-hybridized carbons (Fsp3) is 0.111. The molecule has 0 saturated heterocycles. The molecule has 4 nitrogen and oxygen atoms in total. The van der Waals surface area contributed by atoms with Crippen LogP contribution in [-0.2, 0) is 4.79 Å². The molecule has 0 aliphatic rings. The van der Waals surface area contributed by atoms with Gasteiger partial charge in [0.1, 0.15) is 5.75 Å². The monoisotopic (exact) mass is 290 g/mol. The summed E-state index contributed by atoms with van der Waals surface area (Å²) >= 11 is 0. The van der Waals surface area contributed by atoms with Crippen molar-refractivity contribution in [3.05, 3.63) is 54.1 Å². The molecule has 108 valence electrons. The third kappa shape index (κ3) is 4.13. The van der Waals surface area contributed by atoms with Gasteiger partial charge in [-0.2, -0.15) is 5.26 Å². The van der Waals surface area contributed by atoms with Crippen LogP contribution >= 0.6 is 0 Å². The molecule has 2 aromatic rings. The van der Waals surface area contributed by atoms with Gasteiger partial charge in [0.05, 0.1) is 18.2 Å². The molecule has 0 saturated carbocycles. The number of terminal acetylenes is 1. The fourth-order valence-electron chi connectivity index (χ4n) is 1.83. The van der Waals surface area contributed by atoms with Crippen molar-refractivity contribution < 1.29 is 9.53 Å². The molecule has 0 heterocycles. The van der Waals surface area contributed by atoms with E-state index < -0.39 is 0 Å². The minimum atomic E-state index is -0.255. The molecule has 2 aromatic carbocycles. The second-order valence-corrected chi connectivity index (χ2v) is 4.48. The van der Waals surface area contributed by atoms with Crippen molar-refractivity contribution >= 4 is 5.91 Å². The predicted molar refractivity (Wildman–Crippen MR) is 83.9 cm³/mol. The van der Waals surface area contributed by atoms with Crippen LogP contribution in [0.3, 0.4) is 0 Å². The maximum absolute atomic E-state index is 11.4. The highest BCUT2D eigenvalue weighted by atomic mass is 16.5. The van der Waals surface area contributed by atoms with Crippen LogP contribution in [0.1, 0.15) is 5.56 Å². The standard InChI is InChI=1S/C18H14N2O2/c1-2-11-20-18(21)13-22-17-9-7-16(8-10-17)15-5-3-14(12-19)4-6-15/h1,3-10H,11,13H2,(H,20,21). The first-order chi connectivity index (χ1) is 10.7. The molecule has 1 N–H and O–H groups in total. The number of amides is 1. The van der Waals surface area contributed by atoms with E-state index in [4.69, 9.17) is 16.4 Å². The first kappa shape index (κ1) is 15.2. The van der Waals surface area contributed by atoms with Gasteiger partial charge < -0.3 is 10.1 Å². The molecule has 4 heteroatoms. The average Bonchev–Trinajstić information content (AvgIpc) is 2.58. The number of ether oxygens (including phenoxy) is 1. The highest BCUT2D eigenvalue weighted by molar-refractivity contribution is 5.77. The third-order valence-electron chi connectivity index (χ3n) is 2.96.